The molecule has 1 heterocycles. The number of aromatic nitrogens is 2. The van der Waals surface area contributed by atoms with Gasteiger partial charge in [-0.1, -0.05) is 19.8 Å². The topological polar surface area (TPSA) is 101 Å². The average molecular weight is 307 g/mol. The van der Waals surface area contributed by atoms with Gasteiger partial charge in [-0.05, 0) is 18.8 Å². The van der Waals surface area contributed by atoms with Gasteiger partial charge in [-0.25, -0.2) is 14.8 Å². The second-order valence-electron chi connectivity index (χ2n) is 5.52. The number of hydrogen-bond donors (Lipinski definition) is 2. The lowest BCUT2D eigenvalue weighted by Gasteiger charge is -2.28. The third kappa shape index (κ3) is 4.49. The maximum atomic E-state index is 11.8. The maximum Gasteiger partial charge on any atom is 0.356 e. The van der Waals surface area contributed by atoms with Crippen molar-refractivity contribution < 1.29 is 19.4 Å². The number of aromatic carboxylic acids is 1. The first kappa shape index (κ1) is 16.4. The number of carbonyl (C=O) groups excluding carboxylic acids is 1. The van der Waals surface area contributed by atoms with E-state index in [1.165, 1.54) is 19.3 Å². The van der Waals surface area contributed by atoms with Crippen LogP contribution in [0.25, 0.3) is 0 Å². The van der Waals surface area contributed by atoms with Crippen LogP contribution < -0.4 is 5.32 Å². The van der Waals surface area contributed by atoms with Gasteiger partial charge in [0.2, 0.25) is 0 Å². The first-order chi connectivity index (χ1) is 10.6. The number of nitrogens with zero attached hydrogens (tertiary/aromatic N) is 2. The maximum absolute atomic E-state index is 11.8. The quantitative estimate of drug-likeness (QED) is 0.772. The zero-order valence-corrected chi connectivity index (χ0v) is 12.6. The fourth-order valence-corrected chi connectivity index (χ4v) is 2.55. The zero-order chi connectivity index (χ0) is 15.9. The molecule has 1 aliphatic rings. The highest BCUT2D eigenvalue weighted by Gasteiger charge is 2.21. The molecule has 0 bridgehead atoms. The van der Waals surface area contributed by atoms with Gasteiger partial charge >= 0.3 is 5.97 Å². The molecular weight excluding hydrogens is 286 g/mol. The van der Waals surface area contributed by atoms with Crippen LogP contribution >= 0.6 is 0 Å². The molecule has 2 unspecified atom stereocenters. The fraction of sp³-hybridized carbons (Fsp3) is 0.600. The molecule has 1 fully saturated rings. The highest BCUT2D eigenvalue weighted by atomic mass is 16.5. The van der Waals surface area contributed by atoms with Crippen LogP contribution in [0.1, 0.15) is 53.6 Å². The number of amides is 1. The van der Waals surface area contributed by atoms with Crippen LogP contribution in [0.5, 0.6) is 0 Å². The van der Waals surface area contributed by atoms with Gasteiger partial charge in [0.05, 0.1) is 25.1 Å². The van der Waals surface area contributed by atoms with E-state index in [1.807, 2.05) is 0 Å². The molecule has 0 aromatic carbocycles. The molecule has 1 saturated carbocycles. The lowest BCUT2D eigenvalue weighted by Crippen LogP contribution is -2.32. The summed E-state index contributed by atoms with van der Waals surface area (Å²) in [4.78, 5) is 29.9. The molecule has 0 saturated heterocycles. The largest absolute Gasteiger partial charge is 0.476 e. The molecule has 120 valence electrons. The van der Waals surface area contributed by atoms with Gasteiger partial charge in [-0.3, -0.25) is 4.79 Å². The smallest absolute Gasteiger partial charge is 0.356 e. The minimum atomic E-state index is -1.17. The number of ether oxygens (including phenoxy) is 1. The molecule has 7 heteroatoms. The van der Waals surface area contributed by atoms with Gasteiger partial charge in [0.25, 0.3) is 5.91 Å². The van der Waals surface area contributed by atoms with Crippen molar-refractivity contribution in [1.29, 1.82) is 0 Å². The molecule has 1 amide bonds. The Bertz CT molecular complexity index is 518. The van der Waals surface area contributed by atoms with Crippen molar-refractivity contribution in [3.63, 3.8) is 0 Å². The lowest BCUT2D eigenvalue weighted by atomic mass is 9.88. The summed E-state index contributed by atoms with van der Waals surface area (Å²) in [5, 5.41) is 11.4. The van der Waals surface area contributed by atoms with Gasteiger partial charge in [-0.2, -0.15) is 0 Å². The Labute approximate surface area is 129 Å². The number of carboxylic acids is 1. The van der Waals surface area contributed by atoms with Crippen LogP contribution in [0, 0.1) is 5.92 Å². The van der Waals surface area contributed by atoms with E-state index in [0.29, 0.717) is 19.1 Å². The van der Waals surface area contributed by atoms with Gasteiger partial charge in [0.15, 0.2) is 5.69 Å². The Hall–Kier alpha value is -2.02. The molecule has 1 aromatic heterocycles. The number of carboxylic acid groups (broad SMARTS) is 1. The minimum Gasteiger partial charge on any atom is -0.476 e. The predicted octanol–water partition coefficient (Wildman–Crippen LogP) is 1.50. The second kappa shape index (κ2) is 7.84. The van der Waals surface area contributed by atoms with Crippen LogP contribution in [0.3, 0.4) is 0 Å². The Morgan fingerprint density at radius 2 is 1.95 bits per heavy atom. The zero-order valence-electron chi connectivity index (χ0n) is 12.6. The molecule has 2 N–H and O–H groups in total. The van der Waals surface area contributed by atoms with E-state index in [1.54, 1.807) is 0 Å². The lowest BCUT2D eigenvalue weighted by molar-refractivity contribution is -0.00295. The fourth-order valence-electron chi connectivity index (χ4n) is 2.55. The van der Waals surface area contributed by atoms with Crippen molar-refractivity contribution in [2.75, 3.05) is 13.2 Å². The summed E-state index contributed by atoms with van der Waals surface area (Å²) in [6, 6.07) is 0. The highest BCUT2D eigenvalue weighted by Crippen LogP contribution is 2.25. The van der Waals surface area contributed by atoms with Crippen molar-refractivity contribution in [1.82, 2.24) is 15.3 Å². The molecular formula is C15H21N3O4. The number of hydrogen-bond acceptors (Lipinski definition) is 5. The van der Waals surface area contributed by atoms with E-state index >= 15 is 0 Å². The molecule has 1 aliphatic carbocycles. The molecule has 7 nitrogen and oxygen atoms in total. The third-order valence-corrected chi connectivity index (χ3v) is 3.86. The molecule has 2 rings (SSSR count). The SMILES string of the molecule is CC1CCCCC1OCCNC(=O)c1cnc(C(=O)O)cn1. The van der Waals surface area contributed by atoms with Crippen molar-refractivity contribution >= 4 is 11.9 Å². The van der Waals surface area contributed by atoms with Crippen LogP contribution in [0.4, 0.5) is 0 Å². The normalized spacial score (nSPS) is 21.3. The van der Waals surface area contributed by atoms with E-state index in [0.717, 1.165) is 18.8 Å². The predicted molar refractivity (Wildman–Crippen MR) is 78.7 cm³/mol. The first-order valence-corrected chi connectivity index (χ1v) is 7.53. The van der Waals surface area contributed by atoms with E-state index in [2.05, 4.69) is 22.2 Å². The molecule has 0 radical (unpaired) electrons. The van der Waals surface area contributed by atoms with Crippen LogP contribution in [0.15, 0.2) is 12.4 Å². The summed E-state index contributed by atoms with van der Waals surface area (Å²) in [6.07, 6.45) is 7.25. The highest BCUT2D eigenvalue weighted by molar-refractivity contribution is 5.92. The van der Waals surface area contributed by atoms with Gasteiger partial charge in [0.1, 0.15) is 5.69 Å². The first-order valence-electron chi connectivity index (χ1n) is 7.53. The van der Waals surface area contributed by atoms with Crippen LogP contribution in [0.2, 0.25) is 0 Å². The molecule has 1 aromatic rings. The standard InChI is InChI=1S/C15H21N3O4/c1-10-4-2-3-5-13(10)22-7-6-16-14(19)11-8-18-12(9-17-11)15(20)21/h8-10,13H,2-7H2,1H3,(H,16,19)(H,20,21). The summed E-state index contributed by atoms with van der Waals surface area (Å²) >= 11 is 0. The van der Waals surface area contributed by atoms with E-state index in [9.17, 15) is 9.59 Å². The summed E-state index contributed by atoms with van der Waals surface area (Å²) < 4.78 is 5.80. The third-order valence-electron chi connectivity index (χ3n) is 3.86. The number of nitrogens with one attached hydrogen (secondary N) is 1. The number of rotatable bonds is 6. The second-order valence-corrected chi connectivity index (χ2v) is 5.52. The Balaban J connectivity index is 1.72. The summed E-state index contributed by atoms with van der Waals surface area (Å²) in [5.74, 6) is -0.988. The Morgan fingerprint density at radius 3 is 2.59 bits per heavy atom. The summed E-state index contributed by atoms with van der Waals surface area (Å²) in [6.45, 7) is 3.05. The van der Waals surface area contributed by atoms with E-state index in [-0.39, 0.29) is 23.4 Å². The van der Waals surface area contributed by atoms with Crippen molar-refractivity contribution in [3.05, 3.63) is 23.8 Å². The minimum absolute atomic E-state index is 0.0936. The van der Waals surface area contributed by atoms with E-state index in [4.69, 9.17) is 9.84 Å². The van der Waals surface area contributed by atoms with Crippen molar-refractivity contribution in [2.45, 2.75) is 38.7 Å². The van der Waals surface area contributed by atoms with Crippen LogP contribution in [-0.4, -0.2) is 46.2 Å². The van der Waals surface area contributed by atoms with E-state index < -0.39 is 5.97 Å². The number of carbonyl (C=O) groups is 2. The van der Waals surface area contributed by atoms with Gasteiger partial charge in [-0.15, -0.1) is 0 Å². The summed E-state index contributed by atoms with van der Waals surface area (Å²) in [7, 11) is 0. The van der Waals surface area contributed by atoms with Gasteiger partial charge < -0.3 is 15.2 Å². The molecule has 22 heavy (non-hydrogen) atoms. The molecule has 0 spiro atoms. The van der Waals surface area contributed by atoms with Crippen LogP contribution in [-0.2, 0) is 4.74 Å². The van der Waals surface area contributed by atoms with Crippen molar-refractivity contribution in [3.8, 4) is 0 Å². The molecule has 0 aliphatic heterocycles. The van der Waals surface area contributed by atoms with Crippen molar-refractivity contribution in [2.24, 2.45) is 5.92 Å². The summed E-state index contributed by atoms with van der Waals surface area (Å²) in [5.41, 5.74) is -0.0952. The average Bonchev–Trinajstić information content (AvgIpc) is 2.53. The Kier molecular flexibility index (Phi) is 5.83. The van der Waals surface area contributed by atoms with Gasteiger partial charge in [0, 0.05) is 6.54 Å². The molecule has 2 atom stereocenters. The monoisotopic (exact) mass is 307 g/mol. The Morgan fingerprint density at radius 1 is 1.27 bits per heavy atom.